The molecule has 0 amide bonds. The molecule has 2 unspecified atom stereocenters. The summed E-state index contributed by atoms with van der Waals surface area (Å²) in [5.41, 5.74) is 0. The SMILES string of the molecule is O=C1C2C3C[C@@H]1CC[C@@H]32. The van der Waals surface area contributed by atoms with Gasteiger partial charge in [0.1, 0.15) is 5.78 Å². The highest BCUT2D eigenvalue weighted by atomic mass is 16.1. The van der Waals surface area contributed by atoms with Crippen molar-refractivity contribution < 1.29 is 4.79 Å². The maximum atomic E-state index is 11.2. The number of hydrogen-bond donors (Lipinski definition) is 0. The summed E-state index contributed by atoms with van der Waals surface area (Å²) in [6.07, 6.45) is 3.84. The quantitative estimate of drug-likeness (QED) is 0.472. The van der Waals surface area contributed by atoms with E-state index in [1.165, 1.54) is 19.3 Å². The number of rotatable bonds is 0. The monoisotopic (exact) mass is 122 g/mol. The molecule has 0 heterocycles. The lowest BCUT2D eigenvalue weighted by Gasteiger charge is -2.18. The molecular weight excluding hydrogens is 112 g/mol. The topological polar surface area (TPSA) is 17.1 Å². The summed E-state index contributed by atoms with van der Waals surface area (Å²) in [5, 5.41) is 0. The second-order valence-corrected chi connectivity index (χ2v) is 3.77. The summed E-state index contributed by atoms with van der Waals surface area (Å²) in [6, 6.07) is 0. The molecule has 4 atom stereocenters. The van der Waals surface area contributed by atoms with Gasteiger partial charge in [-0.25, -0.2) is 0 Å². The van der Waals surface area contributed by atoms with Gasteiger partial charge in [0.2, 0.25) is 0 Å². The Bertz CT molecular complexity index is 177. The Balaban J connectivity index is 2.06. The van der Waals surface area contributed by atoms with Crippen molar-refractivity contribution in [2.24, 2.45) is 23.7 Å². The van der Waals surface area contributed by atoms with Crippen molar-refractivity contribution in [2.75, 3.05) is 0 Å². The van der Waals surface area contributed by atoms with Crippen LogP contribution in [0.15, 0.2) is 0 Å². The molecule has 1 nitrogen and oxygen atoms in total. The molecule has 4 aliphatic rings. The average Bonchev–Trinajstić information content (AvgIpc) is 2.52. The molecule has 0 spiro atoms. The van der Waals surface area contributed by atoms with E-state index in [1.807, 2.05) is 0 Å². The van der Waals surface area contributed by atoms with Gasteiger partial charge in [0.05, 0.1) is 0 Å². The van der Waals surface area contributed by atoms with Crippen molar-refractivity contribution in [1.29, 1.82) is 0 Å². The van der Waals surface area contributed by atoms with Crippen LogP contribution in [-0.4, -0.2) is 5.78 Å². The summed E-state index contributed by atoms with van der Waals surface area (Å²) < 4.78 is 0. The van der Waals surface area contributed by atoms with E-state index < -0.39 is 0 Å². The zero-order chi connectivity index (χ0) is 6.01. The van der Waals surface area contributed by atoms with Gasteiger partial charge in [0.15, 0.2) is 0 Å². The molecule has 4 bridgehead atoms. The lowest BCUT2D eigenvalue weighted by atomic mass is 9.85. The van der Waals surface area contributed by atoms with Crippen LogP contribution in [0.5, 0.6) is 0 Å². The van der Waals surface area contributed by atoms with E-state index in [4.69, 9.17) is 0 Å². The van der Waals surface area contributed by atoms with Crippen molar-refractivity contribution in [3.8, 4) is 0 Å². The van der Waals surface area contributed by atoms with Crippen molar-refractivity contribution in [2.45, 2.75) is 19.3 Å². The van der Waals surface area contributed by atoms with Crippen LogP contribution >= 0.6 is 0 Å². The molecule has 9 heavy (non-hydrogen) atoms. The molecule has 4 aliphatic carbocycles. The third kappa shape index (κ3) is 0.347. The van der Waals surface area contributed by atoms with E-state index in [9.17, 15) is 4.79 Å². The zero-order valence-electron chi connectivity index (χ0n) is 5.34. The van der Waals surface area contributed by atoms with Crippen LogP contribution in [0, 0.1) is 23.7 Å². The number of ketones is 1. The molecule has 4 saturated carbocycles. The Morgan fingerprint density at radius 3 is 2.44 bits per heavy atom. The maximum absolute atomic E-state index is 11.2. The lowest BCUT2D eigenvalue weighted by Crippen LogP contribution is -2.19. The molecular formula is C8H10O. The van der Waals surface area contributed by atoms with E-state index in [1.54, 1.807) is 0 Å². The highest BCUT2D eigenvalue weighted by Gasteiger charge is 2.64. The van der Waals surface area contributed by atoms with Crippen molar-refractivity contribution in [1.82, 2.24) is 0 Å². The van der Waals surface area contributed by atoms with Crippen LogP contribution < -0.4 is 0 Å². The number of hydrogen-bond acceptors (Lipinski definition) is 1. The van der Waals surface area contributed by atoms with Gasteiger partial charge < -0.3 is 0 Å². The minimum Gasteiger partial charge on any atom is -0.299 e. The predicted molar refractivity (Wildman–Crippen MR) is 32.8 cm³/mol. The summed E-state index contributed by atoms with van der Waals surface area (Å²) in [4.78, 5) is 11.2. The van der Waals surface area contributed by atoms with Crippen LogP contribution in [0.3, 0.4) is 0 Å². The Labute approximate surface area is 54.4 Å². The smallest absolute Gasteiger partial charge is 0.139 e. The normalized spacial score (nSPS) is 60.2. The summed E-state index contributed by atoms with van der Waals surface area (Å²) in [7, 11) is 0. The molecule has 4 rings (SSSR count). The van der Waals surface area contributed by atoms with E-state index in [0.29, 0.717) is 17.6 Å². The van der Waals surface area contributed by atoms with Crippen LogP contribution in [0.1, 0.15) is 19.3 Å². The van der Waals surface area contributed by atoms with Crippen molar-refractivity contribution >= 4 is 5.78 Å². The maximum Gasteiger partial charge on any atom is 0.139 e. The fourth-order valence-corrected chi connectivity index (χ4v) is 2.95. The molecule has 0 radical (unpaired) electrons. The summed E-state index contributed by atoms with van der Waals surface area (Å²) in [6.45, 7) is 0. The highest BCUT2D eigenvalue weighted by molar-refractivity contribution is 5.90. The molecule has 1 heteroatoms. The number of Topliss-reactive ketones (excluding diaryl/α,β-unsaturated/α-hetero) is 1. The molecule has 0 N–H and O–H groups in total. The van der Waals surface area contributed by atoms with Gasteiger partial charge in [-0.1, -0.05) is 0 Å². The van der Waals surface area contributed by atoms with Crippen molar-refractivity contribution in [3.63, 3.8) is 0 Å². The number of fused-ring (bicyclic) bond motifs is 1. The van der Waals surface area contributed by atoms with Crippen LogP contribution in [-0.2, 0) is 4.79 Å². The highest BCUT2D eigenvalue weighted by Crippen LogP contribution is 2.64. The van der Waals surface area contributed by atoms with Crippen LogP contribution in [0.4, 0.5) is 0 Å². The Kier molecular flexibility index (Phi) is 0.544. The van der Waals surface area contributed by atoms with E-state index in [2.05, 4.69) is 0 Å². The first-order valence-corrected chi connectivity index (χ1v) is 3.91. The predicted octanol–water partition coefficient (Wildman–Crippen LogP) is 1.23. The standard InChI is InChI=1S/C8H10O/c9-8-4-1-2-5-6(3-4)7(5)8/h4-7H,1-3H2/t4-,5-,6?,7?/m0/s1. The fourth-order valence-electron chi connectivity index (χ4n) is 2.95. The largest absolute Gasteiger partial charge is 0.299 e. The van der Waals surface area contributed by atoms with Gasteiger partial charge in [0, 0.05) is 11.8 Å². The Hall–Kier alpha value is -0.330. The third-order valence-corrected chi connectivity index (χ3v) is 3.47. The molecule has 0 aromatic heterocycles. The summed E-state index contributed by atoms with van der Waals surface area (Å²) >= 11 is 0. The fraction of sp³-hybridized carbons (Fsp3) is 0.875. The molecule has 0 aliphatic heterocycles. The van der Waals surface area contributed by atoms with Crippen LogP contribution in [0.2, 0.25) is 0 Å². The molecule has 0 saturated heterocycles. The second kappa shape index (κ2) is 1.09. The lowest BCUT2D eigenvalue weighted by molar-refractivity contribution is -0.124. The average molecular weight is 122 g/mol. The van der Waals surface area contributed by atoms with E-state index in [-0.39, 0.29) is 0 Å². The minimum atomic E-state index is 0.519. The van der Waals surface area contributed by atoms with E-state index >= 15 is 0 Å². The van der Waals surface area contributed by atoms with Gasteiger partial charge in [-0.3, -0.25) is 4.79 Å². The summed E-state index contributed by atoms with van der Waals surface area (Å²) in [5.74, 6) is 3.45. The van der Waals surface area contributed by atoms with Gasteiger partial charge in [-0.2, -0.15) is 0 Å². The first-order valence-electron chi connectivity index (χ1n) is 3.91. The van der Waals surface area contributed by atoms with Crippen LogP contribution in [0.25, 0.3) is 0 Å². The first-order chi connectivity index (χ1) is 4.38. The Morgan fingerprint density at radius 1 is 1.22 bits per heavy atom. The number of carbonyl (C=O) groups is 1. The first kappa shape index (κ1) is 4.48. The third-order valence-electron chi connectivity index (χ3n) is 3.47. The minimum absolute atomic E-state index is 0.519. The molecule has 0 aromatic carbocycles. The molecule has 0 aromatic rings. The van der Waals surface area contributed by atoms with Gasteiger partial charge >= 0.3 is 0 Å². The second-order valence-electron chi connectivity index (χ2n) is 3.77. The van der Waals surface area contributed by atoms with Crippen molar-refractivity contribution in [3.05, 3.63) is 0 Å². The van der Waals surface area contributed by atoms with Gasteiger partial charge in [-0.05, 0) is 31.1 Å². The van der Waals surface area contributed by atoms with E-state index in [0.717, 1.165) is 11.8 Å². The molecule has 4 fully saturated rings. The molecule has 48 valence electrons. The number of carbonyl (C=O) groups excluding carboxylic acids is 1. The zero-order valence-corrected chi connectivity index (χ0v) is 5.34. The van der Waals surface area contributed by atoms with Gasteiger partial charge in [-0.15, -0.1) is 0 Å². The van der Waals surface area contributed by atoms with Gasteiger partial charge in [0.25, 0.3) is 0 Å². The Morgan fingerprint density at radius 2 is 2.11 bits per heavy atom.